The minimum absolute atomic E-state index is 0.182. The molecule has 1 rings (SSSR count). The Balaban J connectivity index is 2.03. The number of hydrogen-bond donors (Lipinski definition) is 3. The smallest absolute Gasteiger partial charge is 0.277 e. The normalized spacial score (nSPS) is 17.2. The second kappa shape index (κ2) is 5.65. The Hall–Kier alpha value is -0.170. The molecule has 1 saturated carbocycles. The monoisotopic (exact) mass is 221 g/mol. The van der Waals surface area contributed by atoms with Crippen molar-refractivity contribution in [2.45, 2.75) is 32.2 Å². The van der Waals surface area contributed by atoms with E-state index in [0.29, 0.717) is 6.54 Å². The van der Waals surface area contributed by atoms with Crippen molar-refractivity contribution in [3.63, 3.8) is 0 Å². The van der Waals surface area contributed by atoms with Crippen molar-refractivity contribution in [2.75, 3.05) is 19.6 Å². The highest BCUT2D eigenvalue weighted by Gasteiger charge is 2.26. The average Bonchev–Trinajstić information content (AvgIpc) is 2.87. The van der Waals surface area contributed by atoms with Crippen LogP contribution < -0.4 is 14.8 Å². The van der Waals surface area contributed by atoms with Gasteiger partial charge in [0.25, 0.3) is 10.2 Å². The van der Waals surface area contributed by atoms with Crippen molar-refractivity contribution >= 4 is 10.2 Å². The van der Waals surface area contributed by atoms with Crippen LogP contribution in [0.3, 0.4) is 0 Å². The maximum absolute atomic E-state index is 11.3. The van der Waals surface area contributed by atoms with E-state index in [1.807, 2.05) is 6.92 Å². The molecule has 84 valence electrons. The van der Waals surface area contributed by atoms with Gasteiger partial charge in [-0.3, -0.25) is 0 Å². The fourth-order valence-corrected chi connectivity index (χ4v) is 2.23. The van der Waals surface area contributed by atoms with Crippen molar-refractivity contribution < 1.29 is 8.42 Å². The predicted molar refractivity (Wildman–Crippen MR) is 56.2 cm³/mol. The molecule has 1 aliphatic carbocycles. The molecule has 0 radical (unpaired) electrons. The van der Waals surface area contributed by atoms with Crippen LogP contribution in [0, 0.1) is 0 Å². The third-order valence-electron chi connectivity index (χ3n) is 1.97. The van der Waals surface area contributed by atoms with Crippen LogP contribution in [0.15, 0.2) is 0 Å². The van der Waals surface area contributed by atoms with Crippen LogP contribution in [0.25, 0.3) is 0 Å². The van der Waals surface area contributed by atoms with Crippen LogP contribution in [-0.2, 0) is 10.2 Å². The maximum Gasteiger partial charge on any atom is 0.277 e. The lowest BCUT2D eigenvalue weighted by Crippen LogP contribution is -2.38. The lowest BCUT2D eigenvalue weighted by Gasteiger charge is -2.06. The van der Waals surface area contributed by atoms with E-state index in [-0.39, 0.29) is 6.04 Å². The second-order valence-electron chi connectivity index (χ2n) is 3.50. The first-order chi connectivity index (χ1) is 6.64. The summed E-state index contributed by atoms with van der Waals surface area (Å²) in [6.07, 6.45) is 2.76. The molecule has 1 fully saturated rings. The van der Waals surface area contributed by atoms with Gasteiger partial charge in [-0.1, -0.05) is 6.92 Å². The van der Waals surface area contributed by atoms with E-state index in [1.54, 1.807) is 0 Å². The fraction of sp³-hybridized carbons (Fsp3) is 1.00. The van der Waals surface area contributed by atoms with E-state index in [0.717, 1.165) is 32.4 Å². The van der Waals surface area contributed by atoms with Gasteiger partial charge in [-0.05, 0) is 32.4 Å². The summed E-state index contributed by atoms with van der Waals surface area (Å²) < 4.78 is 27.6. The summed E-state index contributed by atoms with van der Waals surface area (Å²) in [5.74, 6) is 0. The Labute approximate surface area is 85.8 Å². The van der Waals surface area contributed by atoms with Crippen LogP contribution >= 0.6 is 0 Å². The van der Waals surface area contributed by atoms with E-state index in [1.165, 1.54) is 0 Å². The summed E-state index contributed by atoms with van der Waals surface area (Å²) in [7, 11) is -3.23. The van der Waals surface area contributed by atoms with E-state index in [4.69, 9.17) is 0 Å². The maximum atomic E-state index is 11.3. The molecule has 5 nitrogen and oxygen atoms in total. The zero-order chi connectivity index (χ0) is 10.4. The number of nitrogens with one attached hydrogen (secondary N) is 3. The van der Waals surface area contributed by atoms with Gasteiger partial charge in [-0.15, -0.1) is 0 Å². The van der Waals surface area contributed by atoms with Gasteiger partial charge < -0.3 is 5.32 Å². The standard InChI is InChI=1S/C8H19N3O2S/c1-2-9-6-3-7-10-14(12,13)11-8-4-5-8/h8-11H,2-7H2,1H3. The van der Waals surface area contributed by atoms with Gasteiger partial charge in [0.15, 0.2) is 0 Å². The van der Waals surface area contributed by atoms with Crippen molar-refractivity contribution in [1.82, 2.24) is 14.8 Å². The van der Waals surface area contributed by atoms with Crippen LogP contribution in [0.4, 0.5) is 0 Å². The zero-order valence-corrected chi connectivity index (χ0v) is 9.36. The first-order valence-electron chi connectivity index (χ1n) is 5.11. The SMILES string of the molecule is CCNCCCNS(=O)(=O)NC1CC1. The molecular weight excluding hydrogens is 202 g/mol. The van der Waals surface area contributed by atoms with Gasteiger partial charge in [0.2, 0.25) is 0 Å². The summed E-state index contributed by atoms with van der Waals surface area (Å²) in [6.45, 7) is 4.30. The van der Waals surface area contributed by atoms with Gasteiger partial charge >= 0.3 is 0 Å². The van der Waals surface area contributed by atoms with Crippen LogP contribution in [-0.4, -0.2) is 34.1 Å². The van der Waals surface area contributed by atoms with Crippen molar-refractivity contribution in [1.29, 1.82) is 0 Å². The number of rotatable bonds is 8. The van der Waals surface area contributed by atoms with Crippen molar-refractivity contribution in [2.24, 2.45) is 0 Å². The molecule has 0 atom stereocenters. The van der Waals surface area contributed by atoms with E-state index in [9.17, 15) is 8.42 Å². The van der Waals surface area contributed by atoms with Crippen LogP contribution in [0.1, 0.15) is 26.2 Å². The van der Waals surface area contributed by atoms with Crippen molar-refractivity contribution in [3.05, 3.63) is 0 Å². The Morgan fingerprint density at radius 1 is 1.29 bits per heavy atom. The molecule has 3 N–H and O–H groups in total. The third-order valence-corrected chi connectivity index (χ3v) is 3.20. The van der Waals surface area contributed by atoms with Crippen LogP contribution in [0.5, 0.6) is 0 Å². The molecule has 6 heteroatoms. The molecule has 0 aliphatic heterocycles. The summed E-state index contributed by atoms with van der Waals surface area (Å²) in [5, 5.41) is 3.13. The van der Waals surface area contributed by atoms with Gasteiger partial charge in [-0.25, -0.2) is 4.72 Å². The summed E-state index contributed by atoms with van der Waals surface area (Å²) in [6, 6.07) is 0.182. The quantitative estimate of drug-likeness (QED) is 0.487. The molecule has 0 saturated heterocycles. The van der Waals surface area contributed by atoms with Crippen LogP contribution in [0.2, 0.25) is 0 Å². The summed E-state index contributed by atoms with van der Waals surface area (Å²) in [4.78, 5) is 0. The molecule has 0 aromatic heterocycles. The lowest BCUT2D eigenvalue weighted by molar-refractivity contribution is 0.560. The molecule has 0 amide bonds. The van der Waals surface area contributed by atoms with Gasteiger partial charge in [-0.2, -0.15) is 13.1 Å². The van der Waals surface area contributed by atoms with E-state index in [2.05, 4.69) is 14.8 Å². The zero-order valence-electron chi connectivity index (χ0n) is 8.54. The molecule has 0 unspecified atom stereocenters. The number of hydrogen-bond acceptors (Lipinski definition) is 3. The Morgan fingerprint density at radius 3 is 2.57 bits per heavy atom. The second-order valence-corrected chi connectivity index (χ2v) is 5.03. The minimum atomic E-state index is -3.23. The average molecular weight is 221 g/mol. The largest absolute Gasteiger partial charge is 0.317 e. The molecule has 0 bridgehead atoms. The van der Waals surface area contributed by atoms with Gasteiger partial charge in [0.05, 0.1) is 0 Å². The Kier molecular flexibility index (Phi) is 4.80. The fourth-order valence-electron chi connectivity index (χ4n) is 1.06. The first kappa shape index (κ1) is 11.9. The minimum Gasteiger partial charge on any atom is -0.317 e. The Morgan fingerprint density at radius 2 is 2.00 bits per heavy atom. The highest BCUT2D eigenvalue weighted by atomic mass is 32.2. The predicted octanol–water partition coefficient (Wildman–Crippen LogP) is -0.428. The molecule has 0 aromatic rings. The lowest BCUT2D eigenvalue weighted by atomic mass is 10.4. The molecule has 14 heavy (non-hydrogen) atoms. The topological polar surface area (TPSA) is 70.2 Å². The molecular formula is C8H19N3O2S. The van der Waals surface area contributed by atoms with Crippen molar-refractivity contribution in [3.8, 4) is 0 Å². The molecule has 0 heterocycles. The highest BCUT2D eigenvalue weighted by Crippen LogP contribution is 2.19. The molecule has 1 aliphatic rings. The van der Waals surface area contributed by atoms with E-state index >= 15 is 0 Å². The summed E-state index contributed by atoms with van der Waals surface area (Å²) >= 11 is 0. The van der Waals surface area contributed by atoms with E-state index < -0.39 is 10.2 Å². The first-order valence-corrected chi connectivity index (χ1v) is 6.60. The molecule has 0 aromatic carbocycles. The van der Waals surface area contributed by atoms with Gasteiger partial charge in [0, 0.05) is 12.6 Å². The third kappa shape index (κ3) is 5.54. The van der Waals surface area contributed by atoms with Gasteiger partial charge in [0.1, 0.15) is 0 Å². The molecule has 0 spiro atoms. The highest BCUT2D eigenvalue weighted by molar-refractivity contribution is 7.87. The Bertz CT molecular complexity index is 249. The summed E-state index contributed by atoms with van der Waals surface area (Å²) in [5.41, 5.74) is 0.